The van der Waals surface area contributed by atoms with Gasteiger partial charge in [-0.3, -0.25) is 9.98 Å². The van der Waals surface area contributed by atoms with Crippen LogP contribution in [0.2, 0.25) is 0 Å². The van der Waals surface area contributed by atoms with Gasteiger partial charge >= 0.3 is 0 Å². The minimum absolute atomic E-state index is 0. The molecule has 0 spiro atoms. The molecule has 4 aromatic rings. The van der Waals surface area contributed by atoms with Gasteiger partial charge in [0.2, 0.25) is 0 Å². The molecule has 254 valence electrons. The Morgan fingerprint density at radius 2 is 1.09 bits per heavy atom. The Morgan fingerprint density at radius 1 is 0.739 bits per heavy atom. The number of unbranched alkanes of at least 4 members (excludes halogenated alkanes) is 1. The van der Waals surface area contributed by atoms with Crippen LogP contribution in [0.5, 0.6) is 11.5 Å². The van der Waals surface area contributed by atoms with Gasteiger partial charge in [-0.05, 0) is 67.5 Å². The smallest absolute Gasteiger partial charge is 0.135 e. The molecule has 8 heteroatoms. The van der Waals surface area contributed by atoms with E-state index in [0.29, 0.717) is 16.5 Å². The molecule has 0 aliphatic heterocycles. The number of fused-ring (bicyclic) bond motifs is 1. The first-order valence-corrected chi connectivity index (χ1v) is 16.2. The number of hydrogen-bond acceptors (Lipinski definition) is 4. The molecule has 2 unspecified atom stereocenters. The third-order valence-electron chi connectivity index (χ3n) is 6.40. The van der Waals surface area contributed by atoms with Gasteiger partial charge in [0.05, 0.1) is 16.8 Å². The van der Waals surface area contributed by atoms with Gasteiger partial charge in [-0.15, -0.1) is 24.2 Å². The molecular formula is C38H48N2Ni2O2P2-2. The summed E-state index contributed by atoms with van der Waals surface area (Å²) in [6.45, 7) is 19.9. The standard InChI is InChI=1S/C28H26N2O2.C4H10P.C3H8P.C3H4.2Ni/c1-17-7-5-8-18(2)25(17)29-15-22-13-11-21-12-14-23(28(32)24(21)27(22)31)16-30-26-19(3)9-6-10-20(26)4;1-2-3-4-5;1-2-3-4;1-3-2;;/h5-16,31-32H,1-4H3;2H,3-5H2,1H3;1-4H2;1-2H2;;/q;2*-1;;;. The molecule has 0 fully saturated rings. The van der Waals surface area contributed by atoms with Crippen LogP contribution < -0.4 is 0 Å². The maximum absolute atomic E-state index is 10.9. The summed E-state index contributed by atoms with van der Waals surface area (Å²) in [5.41, 5.74) is 9.35. The van der Waals surface area contributed by atoms with Gasteiger partial charge in [0.1, 0.15) is 11.5 Å². The zero-order chi connectivity index (χ0) is 33.1. The minimum Gasteiger partial charge on any atom is -0.506 e. The Morgan fingerprint density at radius 3 is 1.35 bits per heavy atom. The minimum atomic E-state index is -0.00249. The van der Waals surface area contributed by atoms with E-state index in [1.54, 1.807) is 24.6 Å². The Labute approximate surface area is 302 Å². The number of phenols is 2. The molecule has 4 nitrogen and oxygen atoms in total. The van der Waals surface area contributed by atoms with Gasteiger partial charge in [-0.1, -0.05) is 74.0 Å². The van der Waals surface area contributed by atoms with E-state index in [-0.39, 0.29) is 44.5 Å². The van der Waals surface area contributed by atoms with E-state index in [2.05, 4.69) is 67.6 Å². The molecule has 0 heterocycles. The fourth-order valence-corrected chi connectivity index (χ4v) is 4.41. The van der Waals surface area contributed by atoms with Gasteiger partial charge in [-0.25, -0.2) is 0 Å². The zero-order valence-electron chi connectivity index (χ0n) is 27.5. The van der Waals surface area contributed by atoms with E-state index in [9.17, 15) is 10.2 Å². The molecule has 4 aromatic carbocycles. The van der Waals surface area contributed by atoms with E-state index in [0.717, 1.165) is 51.6 Å². The second-order valence-corrected chi connectivity index (χ2v) is 11.1. The number of aliphatic imine (C=N–C) groups is 2. The summed E-state index contributed by atoms with van der Waals surface area (Å²) in [5.74, 6) is -0.00498. The predicted octanol–water partition coefficient (Wildman–Crippen LogP) is 10.5. The van der Waals surface area contributed by atoms with Crippen molar-refractivity contribution in [1.29, 1.82) is 0 Å². The van der Waals surface area contributed by atoms with Gasteiger partial charge in [0.15, 0.2) is 0 Å². The molecule has 0 radical (unpaired) electrons. The van der Waals surface area contributed by atoms with Crippen molar-refractivity contribution in [1.82, 2.24) is 0 Å². The van der Waals surface area contributed by atoms with Crippen molar-refractivity contribution in [2.45, 2.75) is 47.5 Å². The number of rotatable bonds is 7. The average Bonchev–Trinajstić information content (AvgIpc) is 3.00. The predicted molar refractivity (Wildman–Crippen MR) is 202 cm³/mol. The van der Waals surface area contributed by atoms with E-state index >= 15 is 0 Å². The third kappa shape index (κ3) is 14.5. The SMILES string of the molecule is C=C=C.C[CH-]CCP.Cc1cccc(C)c1N=Cc1ccc2ccc(C=Nc3c(C)cccc3C)c(O)c2c1O.[CH2-]CCP.[Ni].[Ni]. The first-order chi connectivity index (χ1) is 21.1. The van der Waals surface area contributed by atoms with Crippen molar-refractivity contribution in [3.63, 3.8) is 0 Å². The number of nitrogens with zero attached hydrogens (tertiary/aromatic N) is 2. The van der Waals surface area contributed by atoms with Gasteiger partial charge < -0.3 is 23.6 Å². The number of phenolic OH excluding ortho intramolecular Hbond substituents is 2. The summed E-state index contributed by atoms with van der Waals surface area (Å²) in [6.07, 6.45) is 10.0. The van der Waals surface area contributed by atoms with Crippen molar-refractivity contribution in [2.75, 3.05) is 12.3 Å². The second kappa shape index (κ2) is 25.5. The fourth-order valence-electron chi connectivity index (χ4n) is 4.08. The molecule has 46 heavy (non-hydrogen) atoms. The van der Waals surface area contributed by atoms with Crippen LogP contribution in [0.1, 0.15) is 53.1 Å². The largest absolute Gasteiger partial charge is 0.506 e. The summed E-state index contributed by atoms with van der Waals surface area (Å²) >= 11 is 0. The molecule has 2 N–H and O–H groups in total. The van der Waals surface area contributed by atoms with Crippen LogP contribution in [0.4, 0.5) is 11.4 Å². The number of para-hydroxylation sites is 2. The molecule has 4 rings (SSSR count). The quantitative estimate of drug-likeness (QED) is 0.0651. The van der Waals surface area contributed by atoms with Crippen molar-refractivity contribution < 1.29 is 43.2 Å². The van der Waals surface area contributed by atoms with E-state index in [4.69, 9.17) is 0 Å². The molecular weight excluding hydrogens is 696 g/mol. The number of aromatic hydroxyl groups is 2. The molecule has 2 atom stereocenters. The molecule has 0 amide bonds. The molecule has 0 bridgehead atoms. The van der Waals surface area contributed by atoms with Crippen LogP contribution in [0.3, 0.4) is 0 Å². The number of benzene rings is 4. The van der Waals surface area contributed by atoms with E-state index in [1.807, 2.05) is 76.2 Å². The van der Waals surface area contributed by atoms with E-state index < -0.39 is 0 Å². The van der Waals surface area contributed by atoms with Gasteiger partial charge in [0.25, 0.3) is 0 Å². The van der Waals surface area contributed by atoms with Crippen molar-refractivity contribution in [3.8, 4) is 11.5 Å². The van der Waals surface area contributed by atoms with Crippen molar-refractivity contribution >= 4 is 53.1 Å². The molecule has 0 aliphatic carbocycles. The van der Waals surface area contributed by atoms with Crippen LogP contribution in [-0.4, -0.2) is 35.0 Å². The Bertz CT molecular complexity index is 1430. The van der Waals surface area contributed by atoms with Crippen LogP contribution in [0.25, 0.3) is 10.8 Å². The summed E-state index contributed by atoms with van der Waals surface area (Å²) < 4.78 is 0. The second-order valence-electron chi connectivity index (χ2n) is 9.98. The Kier molecular flexibility index (Phi) is 25.3. The summed E-state index contributed by atoms with van der Waals surface area (Å²) in [5, 5.41) is 23.0. The third-order valence-corrected chi connectivity index (χ3v) is 7.14. The van der Waals surface area contributed by atoms with Crippen LogP contribution in [-0.2, 0) is 33.0 Å². The molecule has 0 aliphatic rings. The van der Waals surface area contributed by atoms with Crippen LogP contribution in [0, 0.1) is 41.0 Å². The maximum atomic E-state index is 10.9. The van der Waals surface area contributed by atoms with Crippen LogP contribution in [0.15, 0.2) is 89.5 Å². The Balaban J connectivity index is 0. The molecule has 0 saturated heterocycles. The molecule has 0 saturated carbocycles. The first kappa shape index (κ1) is 45.6. The summed E-state index contributed by atoms with van der Waals surface area (Å²) in [4.78, 5) is 9.20. The van der Waals surface area contributed by atoms with Crippen LogP contribution >= 0.6 is 18.5 Å². The summed E-state index contributed by atoms with van der Waals surface area (Å²) in [7, 11) is 5.26. The van der Waals surface area contributed by atoms with Gasteiger partial charge in [-0.2, -0.15) is 19.8 Å². The number of aryl methyl sites for hydroxylation is 4. The molecule has 0 aromatic heterocycles. The maximum Gasteiger partial charge on any atom is 0.135 e. The number of hydrogen-bond donors (Lipinski definition) is 2. The fraction of sp³-hybridized carbons (Fsp3) is 0.237. The first-order valence-electron chi connectivity index (χ1n) is 14.6. The Hall–Kier alpha value is -2.55. The monoisotopic (exact) mass is 742 g/mol. The zero-order valence-corrected chi connectivity index (χ0v) is 31.8. The van der Waals surface area contributed by atoms with Gasteiger partial charge in [0, 0.05) is 56.5 Å². The average molecular weight is 744 g/mol. The topological polar surface area (TPSA) is 65.2 Å². The van der Waals surface area contributed by atoms with Crippen molar-refractivity contribution in [3.05, 3.63) is 126 Å². The van der Waals surface area contributed by atoms with Crippen molar-refractivity contribution in [2.24, 2.45) is 9.98 Å². The normalized spacial score (nSPS) is 9.91. The summed E-state index contributed by atoms with van der Waals surface area (Å²) in [6, 6.07) is 19.4. The van der Waals surface area contributed by atoms with E-state index in [1.165, 1.54) is 12.6 Å².